The van der Waals surface area contributed by atoms with Crippen LogP contribution in [0.2, 0.25) is 0 Å². The van der Waals surface area contributed by atoms with E-state index in [0.717, 1.165) is 41.9 Å². The Kier molecular flexibility index (Phi) is 5.46. The first kappa shape index (κ1) is 19.5. The maximum absolute atomic E-state index is 13.1. The second-order valence-corrected chi connectivity index (χ2v) is 9.19. The summed E-state index contributed by atoms with van der Waals surface area (Å²) in [5.74, 6) is 0.793. The molecule has 30 heavy (non-hydrogen) atoms. The van der Waals surface area contributed by atoms with E-state index < -0.39 is 0 Å². The number of carbonyl (C=O) groups is 1. The lowest BCUT2D eigenvalue weighted by Gasteiger charge is -2.26. The highest BCUT2D eigenvalue weighted by atomic mass is 32.2. The van der Waals surface area contributed by atoms with Crippen molar-refractivity contribution in [2.24, 2.45) is 0 Å². The van der Waals surface area contributed by atoms with Crippen LogP contribution in [-0.4, -0.2) is 34.4 Å². The van der Waals surface area contributed by atoms with Crippen LogP contribution in [0.25, 0.3) is 6.08 Å². The molecule has 152 valence electrons. The third-order valence-electron chi connectivity index (χ3n) is 5.47. The van der Waals surface area contributed by atoms with Gasteiger partial charge in [0.15, 0.2) is 0 Å². The largest absolute Gasteiger partial charge is 0.480 e. The molecular weight excluding hydrogens is 414 g/mol. The van der Waals surface area contributed by atoms with E-state index in [1.54, 1.807) is 4.90 Å². The topological polar surface area (TPSA) is 38.8 Å². The van der Waals surface area contributed by atoms with E-state index in [1.807, 2.05) is 60.7 Å². The lowest BCUT2D eigenvalue weighted by atomic mass is 9.95. The molecule has 0 aliphatic carbocycles. The Morgan fingerprint density at radius 1 is 1.13 bits per heavy atom. The maximum Gasteiger partial charge on any atom is 0.266 e. The van der Waals surface area contributed by atoms with E-state index in [4.69, 9.17) is 21.7 Å². The highest BCUT2D eigenvalue weighted by Crippen LogP contribution is 2.41. The third kappa shape index (κ3) is 3.83. The van der Waals surface area contributed by atoms with E-state index in [1.165, 1.54) is 11.8 Å². The van der Waals surface area contributed by atoms with Gasteiger partial charge in [-0.3, -0.25) is 9.69 Å². The van der Waals surface area contributed by atoms with Crippen LogP contribution < -0.4 is 4.74 Å². The lowest BCUT2D eigenvalue weighted by molar-refractivity contribution is -0.123. The fraction of sp³-hybridized carbons (Fsp3) is 0.250. The van der Waals surface area contributed by atoms with E-state index in [0.29, 0.717) is 15.8 Å². The summed E-state index contributed by atoms with van der Waals surface area (Å²) in [6.07, 6.45) is 5.85. The van der Waals surface area contributed by atoms with Crippen molar-refractivity contribution in [3.63, 3.8) is 0 Å². The molecule has 6 heteroatoms. The summed E-state index contributed by atoms with van der Waals surface area (Å²) in [7, 11) is 0. The quantitative estimate of drug-likeness (QED) is 0.492. The monoisotopic (exact) mass is 435 g/mol. The van der Waals surface area contributed by atoms with Crippen molar-refractivity contribution in [3.8, 4) is 5.75 Å². The zero-order valence-corrected chi connectivity index (χ0v) is 18.0. The Morgan fingerprint density at radius 3 is 2.73 bits per heavy atom. The molecular formula is C24H21NO3S2. The number of hydrogen-bond acceptors (Lipinski definition) is 5. The minimum Gasteiger partial charge on any atom is -0.480 e. The first-order valence-corrected chi connectivity index (χ1v) is 11.3. The number of amides is 1. The van der Waals surface area contributed by atoms with Gasteiger partial charge in [-0.15, -0.1) is 0 Å². The zero-order chi connectivity index (χ0) is 20.5. The van der Waals surface area contributed by atoms with Gasteiger partial charge in [-0.1, -0.05) is 72.5 Å². The fourth-order valence-electron chi connectivity index (χ4n) is 3.96. The van der Waals surface area contributed by atoms with Gasteiger partial charge < -0.3 is 9.47 Å². The number of thiocarbonyl (C=S) groups is 1. The van der Waals surface area contributed by atoms with Gasteiger partial charge in [0.25, 0.3) is 5.91 Å². The van der Waals surface area contributed by atoms with Crippen LogP contribution in [-0.2, 0) is 9.53 Å². The van der Waals surface area contributed by atoms with Gasteiger partial charge in [-0.25, -0.2) is 0 Å². The number of thioether (sulfide) groups is 1. The molecule has 0 saturated carbocycles. The molecule has 2 fully saturated rings. The van der Waals surface area contributed by atoms with E-state index in [9.17, 15) is 4.79 Å². The average molecular weight is 436 g/mol. The van der Waals surface area contributed by atoms with Gasteiger partial charge in [0.2, 0.25) is 0 Å². The molecule has 3 heterocycles. The Balaban J connectivity index is 1.47. The summed E-state index contributed by atoms with van der Waals surface area (Å²) in [6, 6.07) is 18.0. The number of rotatable bonds is 4. The summed E-state index contributed by atoms with van der Waals surface area (Å²) in [5.41, 5.74) is 2.99. The van der Waals surface area contributed by atoms with Gasteiger partial charge >= 0.3 is 0 Å². The molecule has 3 aliphatic heterocycles. The Labute approximate surface area is 185 Å². The predicted molar refractivity (Wildman–Crippen MR) is 123 cm³/mol. The van der Waals surface area contributed by atoms with Crippen LogP contribution in [0.4, 0.5) is 0 Å². The third-order valence-corrected chi connectivity index (χ3v) is 6.85. The standard InChI is InChI=1S/C24H21NO3S2/c26-23-21(30-24(29)25(23)15-19-10-6-12-27-19)14-18-13-17-9-4-5-11-20(17)28-22(18)16-7-2-1-3-8-16/h1-5,7-9,11,13-14,19,22H,6,10,12,15H2/b21-14-/t19-,22+/m0/s1. The second kappa shape index (κ2) is 8.38. The van der Waals surface area contributed by atoms with Gasteiger partial charge in [0.1, 0.15) is 16.2 Å². The molecule has 0 N–H and O–H groups in total. The summed E-state index contributed by atoms with van der Waals surface area (Å²) in [4.78, 5) is 15.4. The SMILES string of the molecule is O=C1/C(=C/C2=Cc3ccccc3O[C@@H]2c2ccccc2)SC(=S)N1C[C@@H]1CCCO1. The average Bonchev–Trinajstić information content (AvgIpc) is 3.38. The Hall–Kier alpha value is -2.41. The van der Waals surface area contributed by atoms with Crippen molar-refractivity contribution in [3.05, 3.63) is 82.3 Å². The second-order valence-electron chi connectivity index (χ2n) is 7.52. The normalized spacial score (nSPS) is 24.7. The number of benzene rings is 2. The van der Waals surface area contributed by atoms with E-state index in [-0.39, 0.29) is 18.1 Å². The smallest absolute Gasteiger partial charge is 0.266 e. The van der Waals surface area contributed by atoms with Gasteiger partial charge in [-0.2, -0.15) is 0 Å². The van der Waals surface area contributed by atoms with Crippen molar-refractivity contribution in [2.45, 2.75) is 25.0 Å². The molecule has 1 amide bonds. The molecule has 0 spiro atoms. The minimum atomic E-state index is -0.275. The molecule has 0 radical (unpaired) electrons. The first-order chi connectivity index (χ1) is 14.7. The molecule has 2 saturated heterocycles. The van der Waals surface area contributed by atoms with Crippen LogP contribution in [0.3, 0.4) is 0 Å². The van der Waals surface area contributed by atoms with Crippen molar-refractivity contribution < 1.29 is 14.3 Å². The number of ether oxygens (including phenoxy) is 2. The summed E-state index contributed by atoms with van der Waals surface area (Å²) < 4.78 is 12.6. The van der Waals surface area contributed by atoms with Crippen molar-refractivity contribution >= 4 is 40.3 Å². The highest BCUT2D eigenvalue weighted by Gasteiger charge is 2.35. The summed E-state index contributed by atoms with van der Waals surface area (Å²) >= 11 is 6.86. The number of carbonyl (C=O) groups excluding carboxylic acids is 1. The summed E-state index contributed by atoms with van der Waals surface area (Å²) in [5, 5.41) is 0. The maximum atomic E-state index is 13.1. The van der Waals surface area contributed by atoms with Crippen LogP contribution in [0.15, 0.2) is 71.2 Å². The van der Waals surface area contributed by atoms with Crippen LogP contribution in [0, 0.1) is 0 Å². The van der Waals surface area contributed by atoms with Gasteiger partial charge in [-0.05, 0) is 42.2 Å². The van der Waals surface area contributed by atoms with Crippen LogP contribution >= 0.6 is 24.0 Å². The molecule has 0 bridgehead atoms. The lowest BCUT2D eigenvalue weighted by Crippen LogP contribution is -2.35. The molecule has 2 atom stereocenters. The molecule has 2 aromatic carbocycles. The van der Waals surface area contributed by atoms with Crippen LogP contribution in [0.1, 0.15) is 30.1 Å². The number of para-hydroxylation sites is 1. The van der Waals surface area contributed by atoms with E-state index in [2.05, 4.69) is 6.08 Å². The zero-order valence-electron chi connectivity index (χ0n) is 16.3. The Morgan fingerprint density at radius 2 is 1.93 bits per heavy atom. The van der Waals surface area contributed by atoms with E-state index >= 15 is 0 Å². The molecule has 2 aromatic rings. The molecule has 4 nitrogen and oxygen atoms in total. The minimum absolute atomic E-state index is 0.0490. The van der Waals surface area contributed by atoms with Gasteiger partial charge in [0.05, 0.1) is 17.6 Å². The molecule has 0 aromatic heterocycles. The number of fused-ring (bicyclic) bond motifs is 1. The Bertz CT molecular complexity index is 1040. The fourth-order valence-corrected chi connectivity index (χ4v) is 5.24. The van der Waals surface area contributed by atoms with Gasteiger partial charge in [0, 0.05) is 12.2 Å². The van der Waals surface area contributed by atoms with Crippen molar-refractivity contribution in [1.29, 1.82) is 0 Å². The summed E-state index contributed by atoms with van der Waals surface area (Å²) in [6.45, 7) is 1.29. The first-order valence-electron chi connectivity index (χ1n) is 10.1. The van der Waals surface area contributed by atoms with Crippen molar-refractivity contribution in [1.82, 2.24) is 4.90 Å². The van der Waals surface area contributed by atoms with Crippen LogP contribution in [0.5, 0.6) is 5.75 Å². The number of hydrogen-bond donors (Lipinski definition) is 0. The molecule has 5 rings (SSSR count). The molecule has 3 aliphatic rings. The highest BCUT2D eigenvalue weighted by molar-refractivity contribution is 8.26. The molecule has 0 unspecified atom stereocenters. The predicted octanol–water partition coefficient (Wildman–Crippen LogP) is 5.13. The number of nitrogens with zero attached hydrogens (tertiary/aromatic N) is 1. The van der Waals surface area contributed by atoms with Crippen molar-refractivity contribution in [2.75, 3.05) is 13.2 Å².